The number of hydrogen-bond acceptors (Lipinski definition) is 5. The van der Waals surface area contributed by atoms with E-state index < -0.39 is 11.4 Å². The molecular formula is C12H18N4O2S. The van der Waals surface area contributed by atoms with Gasteiger partial charge in [-0.25, -0.2) is 4.68 Å². The van der Waals surface area contributed by atoms with Crippen molar-refractivity contribution in [1.29, 1.82) is 0 Å². The highest BCUT2D eigenvalue weighted by Crippen LogP contribution is 2.40. The summed E-state index contributed by atoms with van der Waals surface area (Å²) in [6.45, 7) is 0.422. The third-order valence-corrected chi connectivity index (χ3v) is 5.48. The highest BCUT2D eigenvalue weighted by Gasteiger charge is 2.43. The van der Waals surface area contributed by atoms with Gasteiger partial charge in [-0.3, -0.25) is 4.79 Å². The molecule has 7 heteroatoms. The number of thioether (sulfide) groups is 1. The second-order valence-electron chi connectivity index (χ2n) is 5.55. The summed E-state index contributed by atoms with van der Waals surface area (Å²) in [5.41, 5.74) is -0.657. The Kier molecular flexibility index (Phi) is 3.47. The first-order valence-corrected chi connectivity index (χ1v) is 7.94. The van der Waals surface area contributed by atoms with Gasteiger partial charge in [-0.15, -0.1) is 5.10 Å². The molecule has 19 heavy (non-hydrogen) atoms. The van der Waals surface area contributed by atoms with Gasteiger partial charge in [0.05, 0.1) is 12.0 Å². The van der Waals surface area contributed by atoms with Gasteiger partial charge in [-0.1, -0.05) is 12.8 Å². The molecule has 6 nitrogen and oxygen atoms in total. The fourth-order valence-electron chi connectivity index (χ4n) is 3.13. The predicted octanol–water partition coefficient (Wildman–Crippen LogP) is 1.54. The molecule has 0 aromatic carbocycles. The topological polar surface area (TPSA) is 80.9 Å². The van der Waals surface area contributed by atoms with Crippen LogP contribution in [0.15, 0.2) is 0 Å². The maximum Gasteiger partial charge on any atom is 0.311 e. The third-order valence-electron chi connectivity index (χ3n) is 4.32. The first-order valence-electron chi connectivity index (χ1n) is 6.78. The normalized spacial score (nSPS) is 25.8. The number of carboxylic acids is 1. The molecule has 3 rings (SSSR count). The molecule has 2 aliphatic rings. The number of aliphatic carboxylic acids is 1. The van der Waals surface area contributed by atoms with E-state index in [-0.39, 0.29) is 0 Å². The van der Waals surface area contributed by atoms with Gasteiger partial charge in [-0.05, 0) is 35.4 Å². The van der Waals surface area contributed by atoms with Crippen LogP contribution in [0.5, 0.6) is 0 Å². The van der Waals surface area contributed by atoms with E-state index >= 15 is 0 Å². The zero-order valence-electron chi connectivity index (χ0n) is 10.8. The maximum absolute atomic E-state index is 11.6. The molecule has 0 radical (unpaired) electrons. The van der Waals surface area contributed by atoms with E-state index in [2.05, 4.69) is 15.5 Å². The number of carboxylic acid groups (broad SMARTS) is 1. The lowest BCUT2D eigenvalue weighted by atomic mass is 9.86. The van der Waals surface area contributed by atoms with Crippen molar-refractivity contribution in [2.45, 2.75) is 44.6 Å². The molecule has 1 aromatic rings. The second-order valence-corrected chi connectivity index (χ2v) is 6.70. The van der Waals surface area contributed by atoms with Crippen LogP contribution in [0.4, 0.5) is 0 Å². The van der Waals surface area contributed by atoms with Gasteiger partial charge in [0.2, 0.25) is 0 Å². The Balaban J connectivity index is 1.82. The second kappa shape index (κ2) is 5.11. The summed E-state index contributed by atoms with van der Waals surface area (Å²) in [5.74, 6) is 2.74. The highest BCUT2D eigenvalue weighted by atomic mass is 32.2. The fraction of sp³-hybridized carbons (Fsp3) is 0.833. The number of carbonyl (C=O) groups is 1. The number of tetrazole rings is 1. The van der Waals surface area contributed by atoms with Gasteiger partial charge in [0, 0.05) is 11.7 Å². The SMILES string of the molecule is O=C(O)C1(Cn2nnnc2C2CCSC2)CCCC1. The fourth-order valence-corrected chi connectivity index (χ4v) is 4.35. The molecule has 0 spiro atoms. The minimum Gasteiger partial charge on any atom is -0.481 e. The molecule has 0 amide bonds. The van der Waals surface area contributed by atoms with E-state index in [4.69, 9.17) is 0 Å². The minimum absolute atomic E-state index is 0.382. The van der Waals surface area contributed by atoms with Gasteiger partial charge in [-0.2, -0.15) is 11.8 Å². The Morgan fingerprint density at radius 1 is 1.47 bits per heavy atom. The molecular weight excluding hydrogens is 264 g/mol. The Hall–Kier alpha value is -1.11. The monoisotopic (exact) mass is 282 g/mol. The van der Waals surface area contributed by atoms with Crippen molar-refractivity contribution in [3.8, 4) is 0 Å². The maximum atomic E-state index is 11.6. The van der Waals surface area contributed by atoms with Crippen molar-refractivity contribution in [3.63, 3.8) is 0 Å². The Bertz CT molecular complexity index is 464. The lowest BCUT2D eigenvalue weighted by Crippen LogP contribution is -2.34. The summed E-state index contributed by atoms with van der Waals surface area (Å²) in [6.07, 6.45) is 4.54. The number of nitrogens with zero attached hydrogens (tertiary/aromatic N) is 4. The Morgan fingerprint density at radius 2 is 2.26 bits per heavy atom. The quantitative estimate of drug-likeness (QED) is 0.902. The smallest absolute Gasteiger partial charge is 0.311 e. The summed E-state index contributed by atoms with van der Waals surface area (Å²) in [6, 6.07) is 0. The van der Waals surface area contributed by atoms with Crippen molar-refractivity contribution in [2.24, 2.45) is 5.41 Å². The van der Waals surface area contributed by atoms with Gasteiger partial charge in [0.15, 0.2) is 5.82 Å². The summed E-state index contributed by atoms with van der Waals surface area (Å²) < 4.78 is 1.75. The Morgan fingerprint density at radius 3 is 2.89 bits per heavy atom. The molecule has 1 aliphatic carbocycles. The van der Waals surface area contributed by atoms with Crippen LogP contribution in [0.2, 0.25) is 0 Å². The van der Waals surface area contributed by atoms with Crippen molar-refractivity contribution in [1.82, 2.24) is 20.2 Å². The summed E-state index contributed by atoms with van der Waals surface area (Å²) in [5, 5.41) is 21.5. The van der Waals surface area contributed by atoms with Gasteiger partial charge >= 0.3 is 5.97 Å². The molecule has 1 N–H and O–H groups in total. The average molecular weight is 282 g/mol. The van der Waals surface area contributed by atoms with Crippen molar-refractivity contribution in [3.05, 3.63) is 5.82 Å². The number of rotatable bonds is 4. The van der Waals surface area contributed by atoms with Crippen LogP contribution in [-0.4, -0.2) is 42.8 Å². The lowest BCUT2D eigenvalue weighted by Gasteiger charge is -2.24. The standard InChI is InChI=1S/C12H18N4O2S/c17-11(18)12(4-1-2-5-12)8-16-10(13-14-15-16)9-3-6-19-7-9/h9H,1-8H2,(H,17,18). The van der Waals surface area contributed by atoms with Crippen LogP contribution in [-0.2, 0) is 11.3 Å². The number of aromatic nitrogens is 4. The predicted molar refractivity (Wildman–Crippen MR) is 71.0 cm³/mol. The van der Waals surface area contributed by atoms with Gasteiger partial charge in [0.25, 0.3) is 0 Å². The van der Waals surface area contributed by atoms with Crippen LogP contribution in [0.25, 0.3) is 0 Å². The molecule has 1 aliphatic heterocycles. The van der Waals surface area contributed by atoms with Gasteiger partial charge < -0.3 is 5.11 Å². The largest absolute Gasteiger partial charge is 0.481 e. The zero-order chi connectivity index (χ0) is 13.3. The number of hydrogen-bond donors (Lipinski definition) is 1. The summed E-state index contributed by atoms with van der Waals surface area (Å²) in [4.78, 5) is 11.6. The van der Waals surface area contributed by atoms with Crippen LogP contribution < -0.4 is 0 Å². The molecule has 2 heterocycles. The first kappa shape index (κ1) is 12.9. The van der Waals surface area contributed by atoms with Crippen LogP contribution in [0.3, 0.4) is 0 Å². The van der Waals surface area contributed by atoms with E-state index in [9.17, 15) is 9.90 Å². The molecule has 104 valence electrons. The van der Waals surface area contributed by atoms with Crippen LogP contribution in [0.1, 0.15) is 43.8 Å². The minimum atomic E-state index is -0.702. The summed E-state index contributed by atoms with van der Waals surface area (Å²) >= 11 is 1.91. The Labute approximate surface area is 115 Å². The van der Waals surface area contributed by atoms with E-state index in [1.165, 1.54) is 0 Å². The van der Waals surface area contributed by atoms with Crippen molar-refractivity contribution >= 4 is 17.7 Å². The van der Waals surface area contributed by atoms with Gasteiger partial charge in [0.1, 0.15) is 0 Å². The molecule has 1 saturated heterocycles. The zero-order valence-corrected chi connectivity index (χ0v) is 11.6. The molecule has 1 saturated carbocycles. The molecule has 1 atom stereocenters. The van der Waals surface area contributed by atoms with Crippen LogP contribution >= 0.6 is 11.8 Å². The summed E-state index contributed by atoms with van der Waals surface area (Å²) in [7, 11) is 0. The molecule has 0 bridgehead atoms. The molecule has 1 aromatic heterocycles. The van der Waals surface area contributed by atoms with E-state index in [0.29, 0.717) is 12.5 Å². The van der Waals surface area contributed by atoms with Crippen molar-refractivity contribution < 1.29 is 9.90 Å². The van der Waals surface area contributed by atoms with E-state index in [0.717, 1.165) is 49.4 Å². The highest BCUT2D eigenvalue weighted by molar-refractivity contribution is 7.99. The molecule has 1 unspecified atom stereocenters. The van der Waals surface area contributed by atoms with E-state index in [1.54, 1.807) is 4.68 Å². The van der Waals surface area contributed by atoms with Crippen LogP contribution in [0, 0.1) is 5.41 Å². The van der Waals surface area contributed by atoms with E-state index in [1.807, 2.05) is 11.8 Å². The van der Waals surface area contributed by atoms with Crippen molar-refractivity contribution in [2.75, 3.05) is 11.5 Å². The lowest BCUT2D eigenvalue weighted by molar-refractivity contribution is -0.149. The third kappa shape index (κ3) is 2.35. The first-order chi connectivity index (χ1) is 9.21. The average Bonchev–Trinajstić information content (AvgIpc) is 3.09. The molecule has 2 fully saturated rings.